The molecule has 3 unspecified atom stereocenters. The molecular formula is C19H36IN3O2S. The zero-order valence-electron chi connectivity index (χ0n) is 16.1. The van der Waals surface area contributed by atoms with Crippen LogP contribution >= 0.6 is 24.0 Å². The Balaban J connectivity index is 0.00000243. The second kappa shape index (κ2) is 10.5. The first kappa shape index (κ1) is 22.2. The number of nitrogens with one attached hydrogen (secondary N) is 2. The molecule has 1 saturated heterocycles. The first-order chi connectivity index (χ1) is 12.0. The lowest BCUT2D eigenvalue weighted by atomic mass is 9.89. The van der Waals surface area contributed by atoms with Gasteiger partial charge in [-0.25, -0.2) is 8.42 Å². The highest BCUT2D eigenvalue weighted by Crippen LogP contribution is 2.25. The number of rotatable bonds is 5. The topological polar surface area (TPSA) is 70.6 Å². The number of aliphatic imine (C=N–C) groups is 1. The average Bonchev–Trinajstić information content (AvgIpc) is 3.16. The highest BCUT2D eigenvalue weighted by molar-refractivity contribution is 14.0. The summed E-state index contributed by atoms with van der Waals surface area (Å²) in [7, 11) is -2.81. The summed E-state index contributed by atoms with van der Waals surface area (Å²) in [6.07, 6.45) is 11.2. The van der Waals surface area contributed by atoms with E-state index < -0.39 is 9.84 Å². The van der Waals surface area contributed by atoms with Crippen molar-refractivity contribution in [2.24, 2.45) is 22.7 Å². The molecule has 7 heteroatoms. The van der Waals surface area contributed by atoms with Crippen LogP contribution in [0.5, 0.6) is 0 Å². The number of hydrogen-bond donors (Lipinski definition) is 2. The van der Waals surface area contributed by atoms with Gasteiger partial charge in [-0.2, -0.15) is 0 Å². The standard InChI is InChI=1S/C19H35N3O2S.HI/c1-15-7-8-18(11-15)22-19(20-12-16-5-3-2-4-6-16)21-13-17-9-10-25(23,24)14-17;/h15-18H,2-14H2,1H3,(H2,20,21,22);1H. The molecule has 5 nitrogen and oxygen atoms in total. The van der Waals surface area contributed by atoms with E-state index >= 15 is 0 Å². The molecule has 3 aliphatic rings. The molecule has 1 aliphatic heterocycles. The van der Waals surface area contributed by atoms with Gasteiger partial charge in [0.15, 0.2) is 15.8 Å². The zero-order valence-corrected chi connectivity index (χ0v) is 19.2. The third kappa shape index (κ3) is 7.17. The van der Waals surface area contributed by atoms with Crippen LogP contribution in [0.3, 0.4) is 0 Å². The highest BCUT2D eigenvalue weighted by Gasteiger charge is 2.28. The van der Waals surface area contributed by atoms with Crippen LogP contribution in [0.25, 0.3) is 0 Å². The van der Waals surface area contributed by atoms with Crippen LogP contribution in [-0.2, 0) is 9.84 Å². The van der Waals surface area contributed by atoms with Crippen LogP contribution in [0.1, 0.15) is 64.7 Å². The molecule has 0 amide bonds. The fraction of sp³-hybridized carbons (Fsp3) is 0.947. The minimum absolute atomic E-state index is 0. The molecule has 2 saturated carbocycles. The van der Waals surface area contributed by atoms with Crippen LogP contribution < -0.4 is 10.6 Å². The van der Waals surface area contributed by atoms with E-state index in [0.717, 1.165) is 30.8 Å². The van der Waals surface area contributed by atoms with Crippen molar-refractivity contribution < 1.29 is 8.42 Å². The lowest BCUT2D eigenvalue weighted by Gasteiger charge is -2.24. The van der Waals surface area contributed by atoms with Gasteiger partial charge in [-0.05, 0) is 56.3 Å². The Morgan fingerprint density at radius 2 is 1.81 bits per heavy atom. The maximum absolute atomic E-state index is 11.7. The largest absolute Gasteiger partial charge is 0.356 e. The monoisotopic (exact) mass is 497 g/mol. The van der Waals surface area contributed by atoms with Crippen LogP contribution in [0.4, 0.5) is 0 Å². The van der Waals surface area contributed by atoms with Gasteiger partial charge >= 0.3 is 0 Å². The quantitative estimate of drug-likeness (QED) is 0.347. The molecule has 3 rings (SSSR count). The smallest absolute Gasteiger partial charge is 0.191 e. The number of nitrogens with zero attached hydrogens (tertiary/aromatic N) is 1. The van der Waals surface area contributed by atoms with Crippen molar-refractivity contribution in [2.75, 3.05) is 24.6 Å². The third-order valence-corrected chi connectivity index (χ3v) is 7.99. The number of hydrogen-bond acceptors (Lipinski definition) is 3. The normalized spacial score (nSPS) is 32.2. The summed E-state index contributed by atoms with van der Waals surface area (Å²) in [6.45, 7) is 3.94. The Morgan fingerprint density at radius 1 is 1.04 bits per heavy atom. The minimum Gasteiger partial charge on any atom is -0.356 e. The van der Waals surface area contributed by atoms with Crippen LogP contribution in [-0.4, -0.2) is 45.0 Å². The van der Waals surface area contributed by atoms with Crippen molar-refractivity contribution in [1.29, 1.82) is 0 Å². The molecule has 3 atom stereocenters. The minimum atomic E-state index is -2.81. The van der Waals surface area contributed by atoms with Crippen molar-refractivity contribution in [3.63, 3.8) is 0 Å². The maximum Gasteiger partial charge on any atom is 0.191 e. The van der Waals surface area contributed by atoms with E-state index in [4.69, 9.17) is 4.99 Å². The first-order valence-corrected chi connectivity index (χ1v) is 12.1. The Kier molecular flexibility index (Phi) is 8.97. The highest BCUT2D eigenvalue weighted by atomic mass is 127. The van der Waals surface area contributed by atoms with E-state index in [1.54, 1.807) is 0 Å². The maximum atomic E-state index is 11.7. The molecule has 3 fully saturated rings. The predicted octanol–water partition coefficient (Wildman–Crippen LogP) is 3.34. The fourth-order valence-corrected chi connectivity index (χ4v) is 6.40. The van der Waals surface area contributed by atoms with Crippen molar-refractivity contribution in [3.8, 4) is 0 Å². The number of guanidine groups is 1. The molecule has 152 valence electrons. The summed E-state index contributed by atoms with van der Waals surface area (Å²) in [5, 5.41) is 7.19. The van der Waals surface area contributed by atoms with Gasteiger partial charge in [-0.1, -0.05) is 26.2 Å². The van der Waals surface area contributed by atoms with Gasteiger partial charge in [0.25, 0.3) is 0 Å². The Morgan fingerprint density at radius 3 is 2.42 bits per heavy atom. The lowest BCUT2D eigenvalue weighted by Crippen LogP contribution is -2.44. The van der Waals surface area contributed by atoms with Gasteiger partial charge in [-0.15, -0.1) is 24.0 Å². The van der Waals surface area contributed by atoms with Crippen LogP contribution in [0, 0.1) is 17.8 Å². The summed E-state index contributed by atoms with van der Waals surface area (Å²) in [6, 6.07) is 0.514. The van der Waals surface area contributed by atoms with Crippen molar-refractivity contribution in [3.05, 3.63) is 0 Å². The van der Waals surface area contributed by atoms with Gasteiger partial charge in [0.2, 0.25) is 0 Å². The lowest BCUT2D eigenvalue weighted by molar-refractivity contribution is 0.355. The molecule has 0 radical (unpaired) electrons. The van der Waals surface area contributed by atoms with E-state index in [-0.39, 0.29) is 29.9 Å². The van der Waals surface area contributed by atoms with E-state index in [9.17, 15) is 8.42 Å². The van der Waals surface area contributed by atoms with Crippen molar-refractivity contribution in [2.45, 2.75) is 70.8 Å². The molecule has 0 spiro atoms. The number of halogens is 1. The first-order valence-electron chi connectivity index (χ1n) is 10.3. The second-order valence-corrected chi connectivity index (χ2v) is 10.8. The van der Waals surface area contributed by atoms with E-state index in [1.807, 2.05) is 0 Å². The molecule has 0 aromatic rings. The predicted molar refractivity (Wildman–Crippen MR) is 119 cm³/mol. The number of sulfone groups is 1. The summed E-state index contributed by atoms with van der Waals surface area (Å²) < 4.78 is 23.3. The third-order valence-electron chi connectivity index (χ3n) is 6.15. The summed E-state index contributed by atoms with van der Waals surface area (Å²) >= 11 is 0. The van der Waals surface area contributed by atoms with Gasteiger partial charge in [0, 0.05) is 19.1 Å². The molecule has 0 bridgehead atoms. The Labute approximate surface area is 176 Å². The Hall–Kier alpha value is -0.0500. The van der Waals surface area contributed by atoms with Gasteiger partial charge in [0.05, 0.1) is 11.5 Å². The Bertz CT molecular complexity index is 561. The molecule has 0 aromatic carbocycles. The van der Waals surface area contributed by atoms with Gasteiger partial charge in [-0.3, -0.25) is 4.99 Å². The van der Waals surface area contributed by atoms with Crippen molar-refractivity contribution >= 4 is 39.8 Å². The molecule has 0 aromatic heterocycles. The van der Waals surface area contributed by atoms with E-state index in [1.165, 1.54) is 51.4 Å². The van der Waals surface area contributed by atoms with Crippen LogP contribution in [0.15, 0.2) is 4.99 Å². The molecular weight excluding hydrogens is 461 g/mol. The summed E-state index contributed by atoms with van der Waals surface area (Å²) in [5.41, 5.74) is 0. The summed E-state index contributed by atoms with van der Waals surface area (Å²) in [4.78, 5) is 4.77. The van der Waals surface area contributed by atoms with E-state index in [2.05, 4.69) is 17.6 Å². The molecule has 2 N–H and O–H groups in total. The van der Waals surface area contributed by atoms with E-state index in [0.29, 0.717) is 24.1 Å². The molecule has 1 heterocycles. The fourth-order valence-electron chi connectivity index (χ4n) is 4.55. The zero-order chi connectivity index (χ0) is 17.7. The van der Waals surface area contributed by atoms with Gasteiger partial charge in [0.1, 0.15) is 0 Å². The van der Waals surface area contributed by atoms with Crippen LogP contribution in [0.2, 0.25) is 0 Å². The van der Waals surface area contributed by atoms with Gasteiger partial charge < -0.3 is 10.6 Å². The SMILES string of the molecule is CC1CCC(NC(=NCC2CCS(=O)(=O)C2)NCC2CCCCC2)C1.I. The molecule has 2 aliphatic carbocycles. The second-order valence-electron chi connectivity index (χ2n) is 8.60. The van der Waals surface area contributed by atoms with Crippen molar-refractivity contribution in [1.82, 2.24) is 10.6 Å². The summed E-state index contributed by atoms with van der Waals surface area (Å²) in [5.74, 6) is 3.31. The molecule has 26 heavy (non-hydrogen) atoms. The average molecular weight is 497 g/mol.